The summed E-state index contributed by atoms with van der Waals surface area (Å²) >= 11 is 0. The normalized spacial score (nSPS) is 13.7. The van der Waals surface area contributed by atoms with E-state index < -0.39 is 23.4 Å². The summed E-state index contributed by atoms with van der Waals surface area (Å²) in [6, 6.07) is 3.60. The number of hydrogen-bond donors (Lipinski definition) is 1. The Hall–Kier alpha value is -2.11. The molecule has 0 saturated carbocycles. The number of methoxy groups -OCH3 is 1. The molecule has 5 nitrogen and oxygen atoms in total. The lowest BCUT2D eigenvalue weighted by Crippen LogP contribution is -2.52. The van der Waals surface area contributed by atoms with Crippen molar-refractivity contribution in [1.29, 1.82) is 0 Å². The molecule has 1 rings (SSSR count). The van der Waals surface area contributed by atoms with Crippen LogP contribution in [0.4, 0.5) is 4.39 Å². The van der Waals surface area contributed by atoms with Crippen LogP contribution in [0.5, 0.6) is 5.75 Å². The molecule has 110 valence electrons. The maximum Gasteiger partial charge on any atom is 0.334 e. The van der Waals surface area contributed by atoms with Gasteiger partial charge in [-0.05, 0) is 32.9 Å². The standard InChI is InChI=1S/C14H18FNO4/c1-9(2)16(8-17)14(3,13(18)19)12-10(15)6-5-7-11(12)20-4/h5-9H,1-4H3,(H,18,19). The molecule has 0 heterocycles. The van der Waals surface area contributed by atoms with E-state index in [4.69, 9.17) is 4.74 Å². The second-order valence-electron chi connectivity index (χ2n) is 4.80. The van der Waals surface area contributed by atoms with E-state index in [1.54, 1.807) is 13.8 Å². The van der Waals surface area contributed by atoms with Crippen molar-refractivity contribution >= 4 is 12.4 Å². The molecule has 1 aromatic carbocycles. The molecule has 0 bridgehead atoms. The summed E-state index contributed by atoms with van der Waals surface area (Å²) in [7, 11) is 1.32. The minimum Gasteiger partial charge on any atom is -0.496 e. The largest absolute Gasteiger partial charge is 0.496 e. The average Bonchev–Trinajstić information content (AvgIpc) is 2.37. The first-order valence-electron chi connectivity index (χ1n) is 6.10. The van der Waals surface area contributed by atoms with Crippen LogP contribution in [0.1, 0.15) is 26.3 Å². The van der Waals surface area contributed by atoms with Crippen LogP contribution in [-0.4, -0.2) is 35.5 Å². The molecular weight excluding hydrogens is 265 g/mol. The van der Waals surface area contributed by atoms with E-state index in [1.807, 2.05) is 0 Å². The number of nitrogens with zero attached hydrogens (tertiary/aromatic N) is 1. The molecule has 0 radical (unpaired) electrons. The lowest BCUT2D eigenvalue weighted by molar-refractivity contribution is -0.157. The number of ether oxygens (including phenoxy) is 1. The zero-order valence-corrected chi connectivity index (χ0v) is 11.9. The third kappa shape index (κ3) is 2.45. The highest BCUT2D eigenvalue weighted by molar-refractivity contribution is 5.84. The Morgan fingerprint density at radius 3 is 2.50 bits per heavy atom. The highest BCUT2D eigenvalue weighted by atomic mass is 19.1. The number of carboxylic acids is 1. The first kappa shape index (κ1) is 15.9. The molecule has 0 aromatic heterocycles. The zero-order chi connectivity index (χ0) is 15.5. The minimum absolute atomic E-state index is 0.0856. The molecule has 1 atom stereocenters. The number of benzene rings is 1. The second kappa shape index (κ2) is 5.90. The van der Waals surface area contributed by atoms with Gasteiger partial charge in [0, 0.05) is 6.04 Å². The zero-order valence-electron chi connectivity index (χ0n) is 11.9. The summed E-state index contributed by atoms with van der Waals surface area (Å²) in [4.78, 5) is 24.1. The first-order valence-corrected chi connectivity index (χ1v) is 6.10. The van der Waals surface area contributed by atoms with Gasteiger partial charge in [0.05, 0.1) is 12.7 Å². The lowest BCUT2D eigenvalue weighted by Gasteiger charge is -2.39. The summed E-state index contributed by atoms with van der Waals surface area (Å²) in [5.74, 6) is -1.98. The maximum atomic E-state index is 14.2. The van der Waals surface area contributed by atoms with Crippen molar-refractivity contribution in [3.8, 4) is 5.75 Å². The molecule has 0 spiro atoms. The average molecular weight is 283 g/mol. The van der Waals surface area contributed by atoms with Crippen molar-refractivity contribution < 1.29 is 23.8 Å². The van der Waals surface area contributed by atoms with Crippen LogP contribution in [0.15, 0.2) is 18.2 Å². The number of aliphatic carboxylic acids is 1. The third-order valence-corrected chi connectivity index (χ3v) is 3.28. The Balaban J connectivity index is 3.64. The van der Waals surface area contributed by atoms with Crippen LogP contribution in [0.3, 0.4) is 0 Å². The molecule has 20 heavy (non-hydrogen) atoms. The van der Waals surface area contributed by atoms with Crippen LogP contribution in [-0.2, 0) is 15.1 Å². The second-order valence-corrected chi connectivity index (χ2v) is 4.80. The van der Waals surface area contributed by atoms with E-state index in [-0.39, 0.29) is 11.3 Å². The molecule has 1 amide bonds. The van der Waals surface area contributed by atoms with Gasteiger partial charge in [0.2, 0.25) is 6.41 Å². The van der Waals surface area contributed by atoms with Crippen molar-refractivity contribution in [1.82, 2.24) is 4.90 Å². The molecule has 1 N–H and O–H groups in total. The molecule has 0 fully saturated rings. The highest BCUT2D eigenvalue weighted by Crippen LogP contribution is 2.37. The van der Waals surface area contributed by atoms with Gasteiger partial charge < -0.3 is 14.7 Å². The monoisotopic (exact) mass is 283 g/mol. The number of carboxylic acid groups (broad SMARTS) is 1. The van der Waals surface area contributed by atoms with E-state index in [0.717, 1.165) is 11.0 Å². The first-order chi connectivity index (χ1) is 9.30. The Bertz CT molecular complexity index is 518. The number of rotatable bonds is 6. The number of halogens is 1. The summed E-state index contributed by atoms with van der Waals surface area (Å²) in [6.45, 7) is 4.59. The summed E-state index contributed by atoms with van der Waals surface area (Å²) in [5.41, 5.74) is -2.03. The Morgan fingerprint density at radius 2 is 2.10 bits per heavy atom. The van der Waals surface area contributed by atoms with Crippen molar-refractivity contribution in [2.45, 2.75) is 32.4 Å². The van der Waals surface area contributed by atoms with Gasteiger partial charge in [-0.3, -0.25) is 4.79 Å². The van der Waals surface area contributed by atoms with Crippen molar-refractivity contribution in [3.05, 3.63) is 29.6 Å². The van der Waals surface area contributed by atoms with Gasteiger partial charge >= 0.3 is 5.97 Å². The summed E-state index contributed by atoms with van der Waals surface area (Å²) in [6.07, 6.45) is 0.407. The Kier molecular flexibility index (Phi) is 4.70. The van der Waals surface area contributed by atoms with E-state index in [2.05, 4.69) is 0 Å². The summed E-state index contributed by atoms with van der Waals surface area (Å²) < 4.78 is 19.2. The predicted octanol–water partition coefficient (Wildman–Crippen LogP) is 2.00. The van der Waals surface area contributed by atoms with Crippen molar-refractivity contribution in [2.75, 3.05) is 7.11 Å². The fourth-order valence-electron chi connectivity index (χ4n) is 2.24. The minimum atomic E-state index is -1.85. The van der Waals surface area contributed by atoms with Gasteiger partial charge in [-0.2, -0.15) is 0 Å². The SMILES string of the molecule is COc1cccc(F)c1C(C)(C(=O)O)N(C=O)C(C)C. The molecule has 0 saturated heterocycles. The van der Waals surface area contributed by atoms with E-state index >= 15 is 0 Å². The van der Waals surface area contributed by atoms with Crippen molar-refractivity contribution in [2.24, 2.45) is 0 Å². The molecule has 0 aliphatic carbocycles. The van der Waals surface area contributed by atoms with E-state index in [0.29, 0.717) is 6.41 Å². The Labute approximate surface area is 117 Å². The van der Waals surface area contributed by atoms with E-state index in [9.17, 15) is 19.1 Å². The molecule has 6 heteroatoms. The molecule has 0 aliphatic rings. The van der Waals surface area contributed by atoms with Crippen LogP contribution < -0.4 is 4.74 Å². The summed E-state index contributed by atoms with van der Waals surface area (Å²) in [5, 5.41) is 9.56. The van der Waals surface area contributed by atoms with E-state index in [1.165, 1.54) is 26.2 Å². The number of hydrogen-bond acceptors (Lipinski definition) is 3. The van der Waals surface area contributed by atoms with Crippen LogP contribution >= 0.6 is 0 Å². The van der Waals surface area contributed by atoms with Crippen LogP contribution in [0.2, 0.25) is 0 Å². The molecular formula is C14H18FNO4. The van der Waals surface area contributed by atoms with Crippen LogP contribution in [0, 0.1) is 5.82 Å². The maximum absolute atomic E-state index is 14.2. The molecule has 1 unspecified atom stereocenters. The predicted molar refractivity (Wildman–Crippen MR) is 71.0 cm³/mol. The van der Waals surface area contributed by atoms with Gasteiger partial charge in [-0.15, -0.1) is 0 Å². The van der Waals surface area contributed by atoms with Crippen LogP contribution in [0.25, 0.3) is 0 Å². The Morgan fingerprint density at radius 1 is 1.50 bits per heavy atom. The lowest BCUT2D eigenvalue weighted by atomic mass is 9.88. The van der Waals surface area contributed by atoms with Crippen molar-refractivity contribution in [3.63, 3.8) is 0 Å². The molecule has 1 aromatic rings. The number of amides is 1. The van der Waals surface area contributed by atoms with Gasteiger partial charge in [0.25, 0.3) is 0 Å². The molecule has 0 aliphatic heterocycles. The van der Waals surface area contributed by atoms with Gasteiger partial charge in [-0.25, -0.2) is 9.18 Å². The van der Waals surface area contributed by atoms with Gasteiger partial charge in [0.1, 0.15) is 11.6 Å². The van der Waals surface area contributed by atoms with Gasteiger partial charge in [-0.1, -0.05) is 6.07 Å². The number of carbonyl (C=O) groups excluding carboxylic acids is 1. The smallest absolute Gasteiger partial charge is 0.334 e. The quantitative estimate of drug-likeness (QED) is 0.811. The van der Waals surface area contributed by atoms with Gasteiger partial charge in [0.15, 0.2) is 5.54 Å². The topological polar surface area (TPSA) is 66.8 Å². The highest BCUT2D eigenvalue weighted by Gasteiger charge is 2.46. The fourth-order valence-corrected chi connectivity index (χ4v) is 2.24. The number of carbonyl (C=O) groups is 2. The fraction of sp³-hybridized carbons (Fsp3) is 0.429. The third-order valence-electron chi connectivity index (χ3n) is 3.28.